The second-order valence-corrected chi connectivity index (χ2v) is 8.06. The molecular formula is C15H19N6O7P. The van der Waals surface area contributed by atoms with Crippen LogP contribution in [-0.2, 0) is 24.2 Å². The maximum atomic E-state index is 12.0. The number of aliphatic hydroxyl groups excluding tert-OH is 1. The van der Waals surface area contributed by atoms with Crippen molar-refractivity contribution in [1.82, 2.24) is 19.7 Å². The van der Waals surface area contributed by atoms with Crippen molar-refractivity contribution in [2.75, 3.05) is 12.3 Å². The van der Waals surface area contributed by atoms with Gasteiger partial charge in [0, 0.05) is 6.42 Å². The highest BCUT2D eigenvalue weighted by Crippen LogP contribution is 2.43. The van der Waals surface area contributed by atoms with Gasteiger partial charge in [-0.05, 0) is 19.1 Å². The Morgan fingerprint density at radius 3 is 3.03 bits per heavy atom. The van der Waals surface area contributed by atoms with E-state index in [1.807, 2.05) is 11.2 Å². The van der Waals surface area contributed by atoms with Gasteiger partial charge in [0.2, 0.25) is 5.60 Å². The maximum absolute atomic E-state index is 12.0. The van der Waals surface area contributed by atoms with Gasteiger partial charge in [-0.15, -0.1) is 0 Å². The van der Waals surface area contributed by atoms with Gasteiger partial charge >= 0.3 is 13.7 Å². The van der Waals surface area contributed by atoms with Crippen molar-refractivity contribution in [1.29, 1.82) is 5.26 Å². The number of carboxylic acids is 1. The van der Waals surface area contributed by atoms with Gasteiger partial charge in [-0.1, -0.05) is 0 Å². The monoisotopic (exact) mass is 426 g/mol. The Morgan fingerprint density at radius 1 is 1.66 bits per heavy atom. The van der Waals surface area contributed by atoms with Crippen molar-refractivity contribution in [3.8, 4) is 6.07 Å². The molecule has 0 bridgehead atoms. The molecular weight excluding hydrogens is 407 g/mol. The molecule has 1 aliphatic heterocycles. The highest BCUT2D eigenvalue weighted by Gasteiger charge is 2.52. The first-order chi connectivity index (χ1) is 13.6. The molecule has 2 unspecified atom stereocenters. The van der Waals surface area contributed by atoms with Crippen LogP contribution in [0.3, 0.4) is 0 Å². The lowest BCUT2D eigenvalue weighted by Gasteiger charge is -2.24. The highest BCUT2D eigenvalue weighted by molar-refractivity contribution is 7.50. The van der Waals surface area contributed by atoms with Crippen molar-refractivity contribution in [3.63, 3.8) is 0 Å². The maximum Gasteiger partial charge on any atom is 0.403 e. The number of hydrogen-bond acceptors (Lipinski definition) is 9. The number of carbonyl (C=O) groups is 1. The van der Waals surface area contributed by atoms with Crippen LogP contribution in [0.5, 0.6) is 0 Å². The number of nitrogens with two attached hydrogens (primary N) is 1. The first-order valence-corrected chi connectivity index (χ1v) is 10.0. The van der Waals surface area contributed by atoms with Crippen LogP contribution < -0.4 is 10.8 Å². The van der Waals surface area contributed by atoms with Crippen LogP contribution in [0.1, 0.15) is 19.0 Å². The molecule has 1 aliphatic rings. The van der Waals surface area contributed by atoms with E-state index in [1.54, 1.807) is 6.07 Å². The fourth-order valence-corrected chi connectivity index (χ4v) is 4.09. The van der Waals surface area contributed by atoms with E-state index in [0.717, 1.165) is 0 Å². The standard InChI is InChI=1S/C15H19N6O7P/c1-8(14(23)24)20-29(25,26)27-5-9-4-12(22)15(6-16,28-9)11-3-2-10-13(17)18-7-19-21(10)11/h2-3,7-9,12,22H,4-5H2,1H3,(H,23,24)(H2,17,18,19)(H2,20,25,26)/t8?,9-,12+,15-/m0/s1. The number of nitrogen functional groups attached to an aromatic ring is 1. The fourth-order valence-electron chi connectivity index (χ4n) is 3.05. The molecule has 6 N–H and O–H groups in total. The zero-order valence-electron chi connectivity index (χ0n) is 15.2. The second-order valence-electron chi connectivity index (χ2n) is 6.50. The summed E-state index contributed by atoms with van der Waals surface area (Å²) in [6.07, 6.45) is -1.09. The van der Waals surface area contributed by atoms with Gasteiger partial charge in [0.25, 0.3) is 0 Å². The normalized spacial score (nSPS) is 27.4. The van der Waals surface area contributed by atoms with Gasteiger partial charge < -0.3 is 25.6 Å². The van der Waals surface area contributed by atoms with Crippen molar-refractivity contribution in [3.05, 3.63) is 24.2 Å². The topological polar surface area (TPSA) is 205 Å². The minimum absolute atomic E-state index is 0.0736. The third-order valence-corrected chi connectivity index (χ3v) is 5.71. The molecule has 0 radical (unpaired) electrons. The van der Waals surface area contributed by atoms with E-state index in [2.05, 4.69) is 10.1 Å². The van der Waals surface area contributed by atoms with Crippen molar-refractivity contribution in [2.45, 2.75) is 37.2 Å². The van der Waals surface area contributed by atoms with Gasteiger partial charge in [0.05, 0.1) is 18.4 Å². The Hall–Kier alpha value is -2.59. The molecule has 2 aromatic heterocycles. The molecule has 1 saturated heterocycles. The predicted octanol–water partition coefficient (Wildman–Crippen LogP) is -0.640. The van der Waals surface area contributed by atoms with Gasteiger partial charge in [-0.3, -0.25) is 9.32 Å². The zero-order valence-corrected chi connectivity index (χ0v) is 16.1. The molecule has 29 heavy (non-hydrogen) atoms. The molecule has 13 nitrogen and oxygen atoms in total. The largest absolute Gasteiger partial charge is 0.480 e. The van der Waals surface area contributed by atoms with Crippen LogP contribution in [0.15, 0.2) is 18.5 Å². The predicted molar refractivity (Wildman–Crippen MR) is 96.2 cm³/mol. The summed E-state index contributed by atoms with van der Waals surface area (Å²) in [4.78, 5) is 24.4. The van der Waals surface area contributed by atoms with Gasteiger partial charge in [-0.2, -0.15) is 10.4 Å². The summed E-state index contributed by atoms with van der Waals surface area (Å²) < 4.78 is 23.9. The van der Waals surface area contributed by atoms with E-state index in [0.29, 0.717) is 5.52 Å². The summed E-state index contributed by atoms with van der Waals surface area (Å²) in [6, 6.07) is 3.71. The molecule has 5 atom stereocenters. The first kappa shape index (κ1) is 21.1. The highest BCUT2D eigenvalue weighted by atomic mass is 31.2. The number of aliphatic carboxylic acids is 1. The van der Waals surface area contributed by atoms with Gasteiger partial charge in [0.15, 0.2) is 5.82 Å². The molecule has 14 heteroatoms. The number of rotatable bonds is 7. The Kier molecular flexibility index (Phi) is 5.59. The van der Waals surface area contributed by atoms with Crippen molar-refractivity contribution >= 4 is 25.1 Å². The molecule has 3 rings (SSSR count). The molecule has 0 amide bonds. The van der Waals surface area contributed by atoms with Crippen LogP contribution in [-0.4, -0.2) is 60.5 Å². The molecule has 0 saturated carbocycles. The van der Waals surface area contributed by atoms with Crippen LogP contribution in [0, 0.1) is 11.3 Å². The molecule has 0 spiro atoms. The summed E-state index contributed by atoms with van der Waals surface area (Å²) >= 11 is 0. The van der Waals surface area contributed by atoms with Crippen LogP contribution in [0.4, 0.5) is 5.82 Å². The number of fused-ring (bicyclic) bond motifs is 1. The quantitative estimate of drug-likeness (QED) is 0.351. The number of ether oxygens (including phenoxy) is 1. The molecule has 0 aromatic carbocycles. The summed E-state index contributed by atoms with van der Waals surface area (Å²) in [7, 11) is -4.45. The van der Waals surface area contributed by atoms with Gasteiger partial charge in [0.1, 0.15) is 30.1 Å². The Morgan fingerprint density at radius 2 is 2.38 bits per heavy atom. The van der Waals surface area contributed by atoms with Crippen molar-refractivity contribution in [2.24, 2.45) is 0 Å². The minimum Gasteiger partial charge on any atom is -0.480 e. The lowest BCUT2D eigenvalue weighted by molar-refractivity contribution is -0.138. The Bertz CT molecular complexity index is 1020. The van der Waals surface area contributed by atoms with Crippen molar-refractivity contribution < 1.29 is 33.7 Å². The smallest absolute Gasteiger partial charge is 0.403 e. The zero-order chi connectivity index (χ0) is 21.4. The van der Waals surface area contributed by atoms with E-state index in [9.17, 15) is 24.6 Å². The molecule has 156 valence electrons. The number of nitrogens with zero attached hydrogens (tertiary/aromatic N) is 4. The lowest BCUT2D eigenvalue weighted by atomic mass is 9.94. The number of hydrogen-bond donors (Lipinski definition) is 5. The average molecular weight is 426 g/mol. The van der Waals surface area contributed by atoms with E-state index in [-0.39, 0.29) is 17.9 Å². The SMILES string of the molecule is CC(NP(=O)(O)OC[C@@H]1C[C@@H](O)[C@](C#N)(c2ccc3c(N)ncnn23)O1)C(=O)O. The van der Waals surface area contributed by atoms with E-state index < -0.39 is 44.2 Å². The molecule has 3 heterocycles. The van der Waals surface area contributed by atoms with E-state index >= 15 is 0 Å². The number of aliphatic hydroxyl groups is 1. The second kappa shape index (κ2) is 7.68. The summed E-state index contributed by atoms with van der Waals surface area (Å²) in [6.45, 7) is 0.713. The number of anilines is 1. The fraction of sp³-hybridized carbons (Fsp3) is 0.467. The van der Waals surface area contributed by atoms with Crippen LogP contribution in [0.25, 0.3) is 5.52 Å². The number of carboxylic acid groups (broad SMARTS) is 1. The number of nitrogens with one attached hydrogen (secondary N) is 1. The summed E-state index contributed by atoms with van der Waals surface area (Å²) in [5.74, 6) is -1.16. The lowest BCUT2D eigenvalue weighted by Crippen LogP contribution is -2.37. The Balaban J connectivity index is 1.78. The molecule has 0 aliphatic carbocycles. The van der Waals surface area contributed by atoms with E-state index in [1.165, 1.54) is 23.8 Å². The number of aromatic nitrogens is 3. The average Bonchev–Trinajstić information content (AvgIpc) is 3.22. The number of nitriles is 1. The van der Waals surface area contributed by atoms with Gasteiger partial charge in [-0.25, -0.2) is 19.2 Å². The van der Waals surface area contributed by atoms with Crippen LogP contribution >= 0.6 is 7.75 Å². The van der Waals surface area contributed by atoms with Crippen LogP contribution in [0.2, 0.25) is 0 Å². The summed E-state index contributed by atoms with van der Waals surface area (Å²) in [5.41, 5.74) is 4.60. The first-order valence-electron chi connectivity index (χ1n) is 8.43. The third kappa shape index (κ3) is 3.95. The minimum atomic E-state index is -4.45. The molecule has 1 fully saturated rings. The molecule has 2 aromatic rings. The third-order valence-electron chi connectivity index (χ3n) is 4.50. The summed E-state index contributed by atoms with van der Waals surface area (Å²) in [5, 5.41) is 35.1. The van der Waals surface area contributed by atoms with E-state index in [4.69, 9.17) is 20.1 Å². The Labute approximate surface area is 164 Å².